The fraction of sp³-hybridized carbons (Fsp3) is 0.524. The highest BCUT2D eigenvalue weighted by molar-refractivity contribution is 14.0. The highest BCUT2D eigenvalue weighted by Crippen LogP contribution is 2.31. The van der Waals surface area contributed by atoms with Crippen molar-refractivity contribution in [3.05, 3.63) is 54.1 Å². The lowest BCUT2D eigenvalue weighted by atomic mass is 9.84. The van der Waals surface area contributed by atoms with E-state index < -0.39 is 0 Å². The van der Waals surface area contributed by atoms with Crippen molar-refractivity contribution in [2.75, 3.05) is 40.0 Å². The Balaban J connectivity index is 0.00000300. The summed E-state index contributed by atoms with van der Waals surface area (Å²) in [5.41, 5.74) is 1.26. The molecule has 0 saturated carbocycles. The molecule has 1 aliphatic heterocycles. The molecule has 1 unspecified atom stereocenters. The van der Waals surface area contributed by atoms with Gasteiger partial charge in [-0.05, 0) is 18.4 Å². The number of nitrogens with one attached hydrogen (secondary N) is 2. The number of aliphatic hydroxyl groups is 1. The summed E-state index contributed by atoms with van der Waals surface area (Å²) in [6.07, 6.45) is 6.39. The van der Waals surface area contributed by atoms with E-state index in [9.17, 15) is 5.11 Å². The Morgan fingerprint density at radius 3 is 2.83 bits per heavy atom. The molecule has 1 fully saturated rings. The Kier molecular flexibility index (Phi) is 9.89. The maximum Gasteiger partial charge on any atom is 0.191 e. The van der Waals surface area contributed by atoms with E-state index in [1.54, 1.807) is 7.05 Å². The molecule has 160 valence electrons. The van der Waals surface area contributed by atoms with Crippen LogP contribution in [0.1, 0.15) is 24.2 Å². The summed E-state index contributed by atoms with van der Waals surface area (Å²) < 4.78 is 7.73. The van der Waals surface area contributed by atoms with Crippen molar-refractivity contribution in [2.24, 2.45) is 10.4 Å². The van der Waals surface area contributed by atoms with E-state index in [0.717, 1.165) is 57.3 Å². The number of aliphatic imine (C=N–C) groups is 1. The Hall–Kier alpha value is -1.65. The molecule has 2 heterocycles. The lowest BCUT2D eigenvalue weighted by Crippen LogP contribution is -2.45. The molecule has 0 spiro atoms. The van der Waals surface area contributed by atoms with Gasteiger partial charge in [0.15, 0.2) is 5.96 Å². The first-order valence-corrected chi connectivity index (χ1v) is 9.92. The molecule has 1 saturated heterocycles. The van der Waals surface area contributed by atoms with E-state index in [2.05, 4.69) is 49.4 Å². The van der Waals surface area contributed by atoms with Crippen LogP contribution in [0.25, 0.3) is 0 Å². The number of hydrogen-bond acceptors (Lipinski definition) is 4. The van der Waals surface area contributed by atoms with E-state index in [0.29, 0.717) is 6.61 Å². The predicted molar refractivity (Wildman–Crippen MR) is 126 cm³/mol. The number of hydrogen-bond donors (Lipinski definition) is 3. The van der Waals surface area contributed by atoms with Crippen LogP contribution in [0.15, 0.2) is 47.7 Å². The van der Waals surface area contributed by atoms with Crippen molar-refractivity contribution in [2.45, 2.75) is 25.8 Å². The number of imidazole rings is 1. The largest absolute Gasteiger partial charge is 0.396 e. The van der Waals surface area contributed by atoms with Gasteiger partial charge in [0, 0.05) is 64.1 Å². The molecular weight excluding hydrogens is 481 g/mol. The molecule has 29 heavy (non-hydrogen) atoms. The molecular formula is C21H32IN5O2. The molecule has 0 radical (unpaired) electrons. The lowest BCUT2D eigenvalue weighted by molar-refractivity contribution is 0.127. The molecule has 3 rings (SSSR count). The third kappa shape index (κ3) is 6.97. The summed E-state index contributed by atoms with van der Waals surface area (Å²) >= 11 is 0. The van der Waals surface area contributed by atoms with Gasteiger partial charge in [0.25, 0.3) is 0 Å². The molecule has 1 aliphatic rings. The third-order valence-corrected chi connectivity index (χ3v) is 5.32. The van der Waals surface area contributed by atoms with E-state index in [-0.39, 0.29) is 36.0 Å². The van der Waals surface area contributed by atoms with Gasteiger partial charge in [0.1, 0.15) is 5.82 Å². The van der Waals surface area contributed by atoms with Gasteiger partial charge in [0.05, 0.1) is 6.61 Å². The van der Waals surface area contributed by atoms with Gasteiger partial charge in [-0.15, -0.1) is 24.0 Å². The number of ether oxygens (including phenoxy) is 1. The number of benzene rings is 1. The summed E-state index contributed by atoms with van der Waals surface area (Å²) in [5, 5.41) is 16.1. The van der Waals surface area contributed by atoms with Crippen LogP contribution in [0.4, 0.5) is 0 Å². The van der Waals surface area contributed by atoms with Crippen LogP contribution in [0.5, 0.6) is 0 Å². The summed E-state index contributed by atoms with van der Waals surface area (Å²) in [7, 11) is 1.77. The molecule has 0 bridgehead atoms. The minimum Gasteiger partial charge on any atom is -0.396 e. The molecule has 8 heteroatoms. The highest BCUT2D eigenvalue weighted by Gasteiger charge is 2.34. The van der Waals surface area contributed by atoms with Crippen LogP contribution in [-0.2, 0) is 17.7 Å². The van der Waals surface area contributed by atoms with E-state index in [1.807, 2.05) is 18.5 Å². The second-order valence-electron chi connectivity index (χ2n) is 7.34. The Bertz CT molecular complexity index is 745. The normalized spacial score (nSPS) is 19.0. The van der Waals surface area contributed by atoms with Gasteiger partial charge < -0.3 is 25.0 Å². The van der Waals surface area contributed by atoms with Crippen LogP contribution in [0.2, 0.25) is 0 Å². The predicted octanol–water partition coefficient (Wildman–Crippen LogP) is 2.05. The minimum absolute atomic E-state index is 0. The van der Waals surface area contributed by atoms with Crippen LogP contribution in [-0.4, -0.2) is 60.6 Å². The fourth-order valence-corrected chi connectivity index (χ4v) is 3.59. The third-order valence-electron chi connectivity index (χ3n) is 5.32. The monoisotopic (exact) mass is 513 g/mol. The number of nitrogens with zero attached hydrogens (tertiary/aromatic N) is 3. The molecule has 3 N–H and O–H groups in total. The van der Waals surface area contributed by atoms with Crippen LogP contribution in [0, 0.1) is 5.41 Å². The molecule has 1 aromatic carbocycles. The van der Waals surface area contributed by atoms with Crippen molar-refractivity contribution in [3.63, 3.8) is 0 Å². The first-order chi connectivity index (χ1) is 13.7. The minimum atomic E-state index is -0.00168. The first-order valence-electron chi connectivity index (χ1n) is 9.92. The summed E-state index contributed by atoms with van der Waals surface area (Å²) in [5.74, 6) is 1.82. The molecule has 0 amide bonds. The van der Waals surface area contributed by atoms with E-state index in [4.69, 9.17) is 4.74 Å². The maximum absolute atomic E-state index is 9.35. The SMILES string of the molecule is CN=C(NCCc1nccn1Cc1ccccc1)NCC1(CCO)CCOC1.I. The highest BCUT2D eigenvalue weighted by atomic mass is 127. The van der Waals surface area contributed by atoms with E-state index in [1.165, 1.54) is 5.56 Å². The number of rotatable bonds is 9. The van der Waals surface area contributed by atoms with Gasteiger partial charge in [-0.25, -0.2) is 4.98 Å². The molecule has 2 aromatic rings. The van der Waals surface area contributed by atoms with Crippen molar-refractivity contribution in [1.29, 1.82) is 0 Å². The van der Waals surface area contributed by atoms with Crippen LogP contribution >= 0.6 is 24.0 Å². The van der Waals surface area contributed by atoms with Gasteiger partial charge in [-0.3, -0.25) is 4.99 Å². The zero-order valence-corrected chi connectivity index (χ0v) is 19.3. The van der Waals surface area contributed by atoms with Crippen LogP contribution in [0.3, 0.4) is 0 Å². The molecule has 0 aliphatic carbocycles. The lowest BCUT2D eigenvalue weighted by Gasteiger charge is -2.27. The van der Waals surface area contributed by atoms with Crippen LogP contribution < -0.4 is 10.6 Å². The number of aliphatic hydroxyl groups excluding tert-OH is 1. The fourth-order valence-electron chi connectivity index (χ4n) is 3.59. The first kappa shape index (κ1) is 23.6. The average Bonchev–Trinajstić information content (AvgIpc) is 3.36. The summed E-state index contributed by atoms with van der Waals surface area (Å²) in [4.78, 5) is 8.81. The van der Waals surface area contributed by atoms with Crippen molar-refractivity contribution >= 4 is 29.9 Å². The Labute approximate surface area is 190 Å². The van der Waals surface area contributed by atoms with Crippen molar-refractivity contribution in [3.8, 4) is 0 Å². The topological polar surface area (TPSA) is 83.7 Å². The maximum atomic E-state index is 9.35. The smallest absolute Gasteiger partial charge is 0.191 e. The average molecular weight is 513 g/mol. The van der Waals surface area contributed by atoms with Gasteiger partial charge in [-0.2, -0.15) is 0 Å². The van der Waals surface area contributed by atoms with Gasteiger partial charge in [0.2, 0.25) is 0 Å². The number of aromatic nitrogens is 2. The molecule has 1 atom stereocenters. The summed E-state index contributed by atoms with van der Waals surface area (Å²) in [6, 6.07) is 10.4. The van der Waals surface area contributed by atoms with Crippen molar-refractivity contribution < 1.29 is 9.84 Å². The second kappa shape index (κ2) is 12.1. The zero-order chi connectivity index (χ0) is 19.7. The zero-order valence-electron chi connectivity index (χ0n) is 17.0. The Morgan fingerprint density at radius 2 is 2.14 bits per heavy atom. The van der Waals surface area contributed by atoms with Gasteiger partial charge in [-0.1, -0.05) is 30.3 Å². The van der Waals surface area contributed by atoms with Gasteiger partial charge >= 0.3 is 0 Å². The summed E-state index contributed by atoms with van der Waals surface area (Å²) in [6.45, 7) is 3.95. The van der Waals surface area contributed by atoms with E-state index >= 15 is 0 Å². The Morgan fingerprint density at radius 1 is 1.31 bits per heavy atom. The standard InChI is InChI=1S/C21H31N5O2.HI/c1-22-20(25-16-21(8-13-27)9-14-28-17-21)24-10-7-19-23-11-12-26(19)15-18-5-3-2-4-6-18;/h2-6,11-12,27H,7-10,13-17H2,1H3,(H2,22,24,25);1H. The molecule has 1 aromatic heterocycles. The quantitative estimate of drug-likeness (QED) is 0.272. The van der Waals surface area contributed by atoms with Crippen molar-refractivity contribution in [1.82, 2.24) is 20.2 Å². The second-order valence-corrected chi connectivity index (χ2v) is 7.34. The number of guanidine groups is 1. The molecule has 7 nitrogen and oxygen atoms in total. The number of halogens is 1.